The molecule has 0 unspecified atom stereocenters. The van der Waals surface area contributed by atoms with Crippen LogP contribution in [0.2, 0.25) is 0 Å². The smallest absolute Gasteiger partial charge is 0.332 e. The number of amides is 1. The highest BCUT2D eigenvalue weighted by molar-refractivity contribution is 7.89. The molecule has 33 heavy (non-hydrogen) atoms. The highest BCUT2D eigenvalue weighted by Crippen LogP contribution is 2.22. The van der Waals surface area contributed by atoms with Crippen LogP contribution in [0.3, 0.4) is 0 Å². The van der Waals surface area contributed by atoms with E-state index in [0.717, 1.165) is 4.57 Å². The molecule has 1 N–H and O–H groups in total. The summed E-state index contributed by atoms with van der Waals surface area (Å²) in [4.78, 5) is 41.7. The fourth-order valence-corrected chi connectivity index (χ4v) is 5.11. The lowest BCUT2D eigenvalue weighted by molar-refractivity contribution is 0.0730. The third-order valence-corrected chi connectivity index (χ3v) is 7.51. The van der Waals surface area contributed by atoms with E-state index >= 15 is 0 Å². The number of aryl methyl sites for hydroxylation is 2. The van der Waals surface area contributed by atoms with E-state index in [2.05, 4.69) is 10.3 Å². The van der Waals surface area contributed by atoms with Gasteiger partial charge in [0.25, 0.3) is 11.5 Å². The first-order valence-electron chi connectivity index (χ1n) is 10.2. The second-order valence-corrected chi connectivity index (χ2v) is 9.69. The highest BCUT2D eigenvalue weighted by Gasteiger charge is 2.27. The zero-order chi connectivity index (χ0) is 23.9. The van der Waals surface area contributed by atoms with Crippen molar-refractivity contribution >= 4 is 32.7 Å². The van der Waals surface area contributed by atoms with Crippen molar-refractivity contribution in [2.75, 3.05) is 31.6 Å². The number of sulfonamides is 1. The summed E-state index contributed by atoms with van der Waals surface area (Å²) in [5, 5.41) is 2.83. The van der Waals surface area contributed by atoms with Crippen molar-refractivity contribution in [2.45, 2.75) is 11.8 Å². The minimum atomic E-state index is -3.77. The number of anilines is 1. The molecule has 1 aromatic carbocycles. The molecule has 4 rings (SSSR count). The Morgan fingerprint density at radius 1 is 1.09 bits per heavy atom. The van der Waals surface area contributed by atoms with E-state index in [0.29, 0.717) is 18.8 Å². The van der Waals surface area contributed by atoms with Crippen LogP contribution >= 0.6 is 0 Å². The predicted octanol–water partition coefficient (Wildman–Crippen LogP) is 0.214. The molecule has 1 aliphatic rings. The summed E-state index contributed by atoms with van der Waals surface area (Å²) in [7, 11) is -0.912. The Bertz CT molecular complexity index is 1490. The molecule has 1 amide bonds. The molecule has 1 fully saturated rings. The van der Waals surface area contributed by atoms with Crippen LogP contribution in [0, 0.1) is 6.92 Å². The van der Waals surface area contributed by atoms with Crippen LogP contribution in [-0.2, 0) is 28.9 Å². The van der Waals surface area contributed by atoms with Gasteiger partial charge in [-0.1, -0.05) is 6.07 Å². The van der Waals surface area contributed by atoms with Gasteiger partial charge < -0.3 is 10.1 Å². The van der Waals surface area contributed by atoms with Gasteiger partial charge in [-0.2, -0.15) is 4.31 Å². The van der Waals surface area contributed by atoms with E-state index in [-0.39, 0.29) is 40.3 Å². The van der Waals surface area contributed by atoms with Crippen molar-refractivity contribution in [1.29, 1.82) is 0 Å². The Kier molecular flexibility index (Phi) is 5.91. The van der Waals surface area contributed by atoms with Crippen molar-refractivity contribution < 1.29 is 17.9 Å². The van der Waals surface area contributed by atoms with Gasteiger partial charge in [-0.3, -0.25) is 18.7 Å². The quantitative estimate of drug-likeness (QED) is 0.573. The summed E-state index contributed by atoms with van der Waals surface area (Å²) in [6.07, 6.45) is 1.34. The minimum Gasteiger partial charge on any atom is -0.379 e. The van der Waals surface area contributed by atoms with Crippen LogP contribution in [-0.4, -0.2) is 59.1 Å². The van der Waals surface area contributed by atoms with Crippen LogP contribution in [0.25, 0.3) is 11.0 Å². The number of aromatic nitrogens is 3. The summed E-state index contributed by atoms with van der Waals surface area (Å²) >= 11 is 0. The second-order valence-electron chi connectivity index (χ2n) is 7.75. The molecule has 12 heteroatoms. The molecule has 11 nitrogen and oxygen atoms in total. The average Bonchev–Trinajstić information content (AvgIpc) is 2.82. The summed E-state index contributed by atoms with van der Waals surface area (Å²) in [5.41, 5.74) is 0.149. The van der Waals surface area contributed by atoms with E-state index in [4.69, 9.17) is 4.74 Å². The number of ether oxygens (including phenoxy) is 1. The van der Waals surface area contributed by atoms with Crippen LogP contribution < -0.4 is 16.6 Å². The standard InChI is InChI=1S/C21H23N5O6S/c1-13-4-5-15(33(30,31)26-6-8-32-9-7-26)11-16(13)19(27)23-14-10-17-18(22-12-14)24(2)21(29)25(3)20(17)28/h4-5,10-12H,6-9H2,1-3H3,(H,23,27). The topological polar surface area (TPSA) is 133 Å². The van der Waals surface area contributed by atoms with E-state index in [9.17, 15) is 22.8 Å². The maximum absolute atomic E-state index is 13.0. The number of pyridine rings is 1. The van der Waals surface area contributed by atoms with E-state index in [1.54, 1.807) is 13.0 Å². The molecule has 0 radical (unpaired) electrons. The molecular formula is C21H23N5O6S. The van der Waals surface area contributed by atoms with Gasteiger partial charge in [0.2, 0.25) is 10.0 Å². The van der Waals surface area contributed by atoms with E-state index in [1.807, 2.05) is 0 Å². The third-order valence-electron chi connectivity index (χ3n) is 5.61. The Morgan fingerprint density at radius 2 is 1.79 bits per heavy atom. The molecule has 1 saturated heterocycles. The lowest BCUT2D eigenvalue weighted by atomic mass is 10.1. The number of nitrogens with one attached hydrogen (secondary N) is 1. The van der Waals surface area contributed by atoms with Gasteiger partial charge in [0.05, 0.1) is 35.4 Å². The summed E-state index contributed by atoms with van der Waals surface area (Å²) in [6, 6.07) is 5.82. The van der Waals surface area contributed by atoms with Crippen molar-refractivity contribution in [1.82, 2.24) is 18.4 Å². The van der Waals surface area contributed by atoms with E-state index in [1.165, 1.54) is 47.4 Å². The van der Waals surface area contributed by atoms with Gasteiger partial charge >= 0.3 is 5.69 Å². The van der Waals surface area contributed by atoms with Crippen molar-refractivity contribution in [3.8, 4) is 0 Å². The summed E-state index contributed by atoms with van der Waals surface area (Å²) in [6.45, 7) is 2.83. The van der Waals surface area contributed by atoms with Crippen LogP contribution in [0.4, 0.5) is 5.69 Å². The number of benzene rings is 1. The molecule has 2 aromatic heterocycles. The Labute approximate surface area is 189 Å². The first-order chi connectivity index (χ1) is 15.6. The van der Waals surface area contributed by atoms with Crippen LogP contribution in [0.15, 0.2) is 44.9 Å². The SMILES string of the molecule is Cc1ccc(S(=O)(=O)N2CCOCC2)cc1C(=O)Nc1cnc2c(c1)c(=O)n(C)c(=O)n2C. The number of hydrogen-bond donors (Lipinski definition) is 1. The highest BCUT2D eigenvalue weighted by atomic mass is 32.2. The average molecular weight is 474 g/mol. The minimum absolute atomic E-state index is 0.0145. The number of carbonyl (C=O) groups excluding carboxylic acids is 1. The molecule has 174 valence electrons. The van der Waals surface area contributed by atoms with Crippen LogP contribution in [0.5, 0.6) is 0 Å². The molecular weight excluding hydrogens is 450 g/mol. The Morgan fingerprint density at radius 3 is 2.48 bits per heavy atom. The van der Waals surface area contributed by atoms with Crippen LogP contribution in [0.1, 0.15) is 15.9 Å². The first-order valence-corrected chi connectivity index (χ1v) is 11.6. The maximum atomic E-state index is 13.0. The molecule has 0 aliphatic carbocycles. The summed E-state index contributed by atoms with van der Waals surface area (Å²) < 4.78 is 34.7. The molecule has 3 aromatic rings. The van der Waals surface area contributed by atoms with E-state index < -0.39 is 27.2 Å². The second kappa shape index (κ2) is 8.54. The fourth-order valence-electron chi connectivity index (χ4n) is 3.67. The molecule has 1 aliphatic heterocycles. The number of morpholine rings is 1. The monoisotopic (exact) mass is 473 g/mol. The number of nitrogens with zero attached hydrogens (tertiary/aromatic N) is 4. The Balaban J connectivity index is 1.68. The zero-order valence-electron chi connectivity index (χ0n) is 18.4. The molecule has 0 bridgehead atoms. The van der Waals surface area contributed by atoms with Gasteiger partial charge in [-0.15, -0.1) is 0 Å². The maximum Gasteiger partial charge on any atom is 0.332 e. The molecule has 3 heterocycles. The fraction of sp³-hybridized carbons (Fsp3) is 0.333. The van der Waals surface area contributed by atoms with Gasteiger partial charge in [-0.05, 0) is 30.7 Å². The van der Waals surface area contributed by atoms with Crippen molar-refractivity contribution in [2.24, 2.45) is 14.1 Å². The lowest BCUT2D eigenvalue weighted by Gasteiger charge is -2.26. The lowest BCUT2D eigenvalue weighted by Crippen LogP contribution is -2.40. The molecule has 0 atom stereocenters. The largest absolute Gasteiger partial charge is 0.379 e. The molecule has 0 spiro atoms. The van der Waals surface area contributed by atoms with Gasteiger partial charge in [0, 0.05) is 32.7 Å². The van der Waals surface area contributed by atoms with Gasteiger partial charge in [0.1, 0.15) is 5.65 Å². The zero-order valence-corrected chi connectivity index (χ0v) is 19.2. The predicted molar refractivity (Wildman–Crippen MR) is 121 cm³/mol. The Hall–Kier alpha value is -3.35. The molecule has 0 saturated carbocycles. The van der Waals surface area contributed by atoms with Crippen molar-refractivity contribution in [3.05, 3.63) is 62.4 Å². The summed E-state index contributed by atoms with van der Waals surface area (Å²) in [5.74, 6) is -0.547. The third kappa shape index (κ3) is 4.08. The van der Waals surface area contributed by atoms with Gasteiger partial charge in [0.15, 0.2) is 0 Å². The first kappa shape index (κ1) is 22.8. The number of fused-ring (bicyclic) bond motifs is 1. The number of hydrogen-bond acceptors (Lipinski definition) is 7. The van der Waals surface area contributed by atoms with Gasteiger partial charge in [-0.25, -0.2) is 18.2 Å². The van der Waals surface area contributed by atoms with Crippen molar-refractivity contribution in [3.63, 3.8) is 0 Å². The number of rotatable bonds is 4. The number of carbonyl (C=O) groups is 1. The normalized spacial score (nSPS) is 15.0.